The number of para-hydroxylation sites is 1. The summed E-state index contributed by atoms with van der Waals surface area (Å²) in [6.07, 6.45) is 6.30. The van der Waals surface area contributed by atoms with Crippen molar-refractivity contribution in [3.63, 3.8) is 0 Å². The lowest BCUT2D eigenvalue weighted by molar-refractivity contribution is 0.204. The zero-order valence-corrected chi connectivity index (χ0v) is 24.7. The van der Waals surface area contributed by atoms with E-state index in [0.717, 1.165) is 48.8 Å². The number of ether oxygens (including phenoxy) is 1. The van der Waals surface area contributed by atoms with Crippen LogP contribution < -0.4 is 9.80 Å². The van der Waals surface area contributed by atoms with Gasteiger partial charge in [0.15, 0.2) is 5.82 Å². The van der Waals surface area contributed by atoms with Gasteiger partial charge in [-0.25, -0.2) is 4.98 Å². The molecule has 5 aromatic rings. The van der Waals surface area contributed by atoms with Crippen molar-refractivity contribution in [1.29, 1.82) is 0 Å². The lowest BCUT2D eigenvalue weighted by Crippen LogP contribution is -2.44. The molecule has 9 heteroatoms. The number of rotatable bonds is 9. The third-order valence-electron chi connectivity index (χ3n) is 8.84. The molecule has 0 unspecified atom stereocenters. The van der Waals surface area contributed by atoms with E-state index in [-0.39, 0.29) is 0 Å². The van der Waals surface area contributed by atoms with Gasteiger partial charge in [0.05, 0.1) is 25.5 Å². The maximum absolute atomic E-state index is 5.52. The molecule has 0 atom stereocenters. The van der Waals surface area contributed by atoms with Crippen molar-refractivity contribution in [2.75, 3.05) is 36.7 Å². The van der Waals surface area contributed by atoms with Gasteiger partial charge in [0.25, 0.3) is 0 Å². The Bertz CT molecular complexity index is 1630. The maximum atomic E-state index is 5.52. The van der Waals surface area contributed by atoms with Gasteiger partial charge in [-0.05, 0) is 46.9 Å². The van der Waals surface area contributed by atoms with E-state index >= 15 is 0 Å². The fourth-order valence-electron chi connectivity index (χ4n) is 6.62. The number of anilines is 2. The van der Waals surface area contributed by atoms with Gasteiger partial charge in [0, 0.05) is 37.4 Å². The molecule has 9 nitrogen and oxygen atoms in total. The van der Waals surface area contributed by atoms with E-state index in [1.807, 2.05) is 12.1 Å². The fraction of sp³-hybridized carbons (Fsp3) is 0.353. The van der Waals surface area contributed by atoms with E-state index in [2.05, 4.69) is 102 Å². The van der Waals surface area contributed by atoms with Crippen molar-refractivity contribution >= 4 is 11.5 Å². The highest BCUT2D eigenvalue weighted by molar-refractivity contribution is 5.80. The standard InChI is InChI=1S/C34H38N8O/c1-43-21-20-40-24-41(28-12-6-3-7-13-28)23-31-34(40)35-33(27-10-4-2-5-11-27)42(31)22-25-16-18-26(19-17-25)29-14-8-9-15-30(29)32-36-38-39-37-32/h3,6-9,12-19,27H,2,4-5,10-11,20-24H2,1H3,(H,36,37,38,39). The molecule has 43 heavy (non-hydrogen) atoms. The van der Waals surface area contributed by atoms with Crippen molar-refractivity contribution in [2.24, 2.45) is 0 Å². The van der Waals surface area contributed by atoms with Crippen molar-refractivity contribution in [1.82, 2.24) is 30.2 Å². The van der Waals surface area contributed by atoms with Crippen LogP contribution in [0.2, 0.25) is 0 Å². The number of H-pyrrole nitrogens is 1. The first-order chi connectivity index (χ1) is 21.3. The summed E-state index contributed by atoms with van der Waals surface area (Å²) in [7, 11) is 1.77. The molecule has 0 saturated heterocycles. The Labute approximate surface area is 252 Å². The molecule has 3 aromatic carbocycles. The Morgan fingerprint density at radius 3 is 2.40 bits per heavy atom. The number of tetrazole rings is 1. The van der Waals surface area contributed by atoms with Crippen LogP contribution >= 0.6 is 0 Å². The molecule has 1 fully saturated rings. The van der Waals surface area contributed by atoms with Crippen LogP contribution in [0, 0.1) is 0 Å². The van der Waals surface area contributed by atoms with Gasteiger partial charge in [0.2, 0.25) is 5.82 Å². The Morgan fingerprint density at radius 2 is 1.65 bits per heavy atom. The lowest BCUT2D eigenvalue weighted by Gasteiger charge is -2.37. The first-order valence-electron chi connectivity index (χ1n) is 15.3. The monoisotopic (exact) mass is 574 g/mol. The number of aromatic amines is 1. The third kappa shape index (κ3) is 5.64. The van der Waals surface area contributed by atoms with Crippen LogP contribution in [0.25, 0.3) is 22.5 Å². The molecular formula is C34H38N8O. The van der Waals surface area contributed by atoms with Crippen molar-refractivity contribution in [3.05, 3.63) is 95.9 Å². The number of hydrogen-bond acceptors (Lipinski definition) is 7. The van der Waals surface area contributed by atoms with Crippen LogP contribution in [0.15, 0.2) is 78.9 Å². The molecule has 0 amide bonds. The van der Waals surface area contributed by atoms with Gasteiger partial charge in [-0.3, -0.25) is 0 Å². The summed E-state index contributed by atoms with van der Waals surface area (Å²) in [5.74, 6) is 3.46. The average molecular weight is 575 g/mol. The van der Waals surface area contributed by atoms with Gasteiger partial charge in [0.1, 0.15) is 5.82 Å². The van der Waals surface area contributed by atoms with Gasteiger partial charge < -0.3 is 19.1 Å². The van der Waals surface area contributed by atoms with E-state index in [1.165, 1.54) is 54.9 Å². The van der Waals surface area contributed by atoms with Crippen LogP contribution in [-0.4, -0.2) is 57.1 Å². The highest BCUT2D eigenvalue weighted by Crippen LogP contribution is 2.38. The van der Waals surface area contributed by atoms with Crippen LogP contribution in [0.4, 0.5) is 11.5 Å². The molecule has 0 bridgehead atoms. The second kappa shape index (κ2) is 12.4. The van der Waals surface area contributed by atoms with E-state index < -0.39 is 0 Å². The summed E-state index contributed by atoms with van der Waals surface area (Å²) in [6, 6.07) is 27.8. The quantitative estimate of drug-likeness (QED) is 0.222. The van der Waals surface area contributed by atoms with Gasteiger partial charge >= 0.3 is 0 Å². The molecule has 220 valence electrons. The topological polar surface area (TPSA) is 88.0 Å². The number of aromatic nitrogens is 6. The number of fused-ring (bicyclic) bond motifs is 1. The van der Waals surface area contributed by atoms with Crippen LogP contribution in [0.1, 0.15) is 55.1 Å². The lowest BCUT2D eigenvalue weighted by atomic mass is 9.88. The molecule has 1 aliphatic carbocycles. The second-order valence-corrected chi connectivity index (χ2v) is 11.6. The average Bonchev–Trinajstić information content (AvgIpc) is 3.74. The first-order valence-corrected chi connectivity index (χ1v) is 15.3. The Morgan fingerprint density at radius 1 is 0.884 bits per heavy atom. The number of benzene rings is 3. The number of nitrogens with one attached hydrogen (secondary N) is 1. The largest absolute Gasteiger partial charge is 0.383 e. The predicted octanol–water partition coefficient (Wildman–Crippen LogP) is 6.26. The highest BCUT2D eigenvalue weighted by atomic mass is 16.5. The molecule has 2 aliphatic rings. The number of hydrogen-bond donors (Lipinski definition) is 1. The predicted molar refractivity (Wildman–Crippen MR) is 169 cm³/mol. The zero-order valence-electron chi connectivity index (χ0n) is 24.7. The van der Waals surface area contributed by atoms with Crippen LogP contribution in [-0.2, 0) is 17.8 Å². The van der Waals surface area contributed by atoms with E-state index in [0.29, 0.717) is 18.3 Å². The summed E-state index contributed by atoms with van der Waals surface area (Å²) >= 11 is 0. The molecule has 0 spiro atoms. The fourth-order valence-corrected chi connectivity index (χ4v) is 6.62. The SMILES string of the molecule is COCCN1CN(c2ccccc2)Cc2c1nc(C1CCCCC1)n2Cc1ccc(-c2ccccc2-c2nn[nH]n2)cc1. The Hall–Kier alpha value is -4.50. The summed E-state index contributed by atoms with van der Waals surface area (Å²) in [5, 5.41) is 14.8. The van der Waals surface area contributed by atoms with Gasteiger partial charge in [-0.15, -0.1) is 10.2 Å². The maximum Gasteiger partial charge on any atom is 0.205 e. The summed E-state index contributed by atoms with van der Waals surface area (Å²) in [5.41, 5.74) is 6.96. The number of imidazole rings is 1. The second-order valence-electron chi connectivity index (χ2n) is 11.6. The van der Waals surface area contributed by atoms with Crippen molar-refractivity contribution in [3.8, 4) is 22.5 Å². The van der Waals surface area contributed by atoms with Gasteiger partial charge in [-0.2, -0.15) is 5.21 Å². The molecule has 0 radical (unpaired) electrons. The molecular weight excluding hydrogens is 536 g/mol. The highest BCUT2D eigenvalue weighted by Gasteiger charge is 2.32. The van der Waals surface area contributed by atoms with Crippen molar-refractivity contribution in [2.45, 2.75) is 51.1 Å². The molecule has 3 heterocycles. The normalized spacial score (nSPS) is 15.6. The minimum absolute atomic E-state index is 0.495. The summed E-state index contributed by atoms with van der Waals surface area (Å²) in [6.45, 7) is 3.90. The minimum atomic E-state index is 0.495. The number of methoxy groups -OCH3 is 1. The van der Waals surface area contributed by atoms with E-state index in [9.17, 15) is 0 Å². The molecule has 7 rings (SSSR count). The Kier molecular flexibility index (Phi) is 7.88. The number of nitrogens with zero attached hydrogens (tertiary/aromatic N) is 7. The Balaban J connectivity index is 1.25. The molecule has 2 aromatic heterocycles. The van der Waals surface area contributed by atoms with E-state index in [1.54, 1.807) is 7.11 Å². The molecule has 1 N–H and O–H groups in total. The van der Waals surface area contributed by atoms with E-state index in [4.69, 9.17) is 9.72 Å². The summed E-state index contributed by atoms with van der Waals surface area (Å²) < 4.78 is 8.05. The molecule has 1 saturated carbocycles. The minimum Gasteiger partial charge on any atom is -0.383 e. The van der Waals surface area contributed by atoms with Crippen molar-refractivity contribution < 1.29 is 4.74 Å². The van der Waals surface area contributed by atoms with Gasteiger partial charge in [-0.1, -0.05) is 86.0 Å². The third-order valence-corrected chi connectivity index (χ3v) is 8.84. The smallest absolute Gasteiger partial charge is 0.205 e. The van der Waals surface area contributed by atoms with Crippen LogP contribution in [0.5, 0.6) is 0 Å². The van der Waals surface area contributed by atoms with Crippen LogP contribution in [0.3, 0.4) is 0 Å². The first kappa shape index (κ1) is 27.3. The summed E-state index contributed by atoms with van der Waals surface area (Å²) in [4.78, 5) is 10.3. The molecule has 1 aliphatic heterocycles. The zero-order chi connectivity index (χ0) is 29.0.